The van der Waals surface area contributed by atoms with Crippen molar-refractivity contribution in [1.29, 1.82) is 0 Å². The van der Waals surface area contributed by atoms with Crippen molar-refractivity contribution in [1.82, 2.24) is 5.32 Å². The van der Waals surface area contributed by atoms with Crippen LogP contribution in [0.3, 0.4) is 0 Å². The molecule has 3 atom stereocenters. The number of rotatable bonds is 13. The highest BCUT2D eigenvalue weighted by atomic mass is 16.8. The smallest absolute Gasteiger partial charge is 0.212 e. The van der Waals surface area contributed by atoms with Gasteiger partial charge < -0.3 is 24.3 Å². The molecule has 0 aliphatic carbocycles. The van der Waals surface area contributed by atoms with E-state index in [0.717, 1.165) is 19.3 Å². The number of allylic oxidation sites excluding steroid dienone is 2. The Hall–Kier alpha value is -1.21. The normalized spacial score (nSPS) is 22.0. The molecule has 0 radical (unpaired) electrons. The van der Waals surface area contributed by atoms with Gasteiger partial charge in [-0.15, -0.1) is 0 Å². The van der Waals surface area contributed by atoms with E-state index in [2.05, 4.69) is 44.9 Å². The third kappa shape index (κ3) is 14.0. The molecule has 1 rings (SSSR count). The van der Waals surface area contributed by atoms with Crippen LogP contribution in [-0.4, -0.2) is 56.8 Å². The van der Waals surface area contributed by atoms with Crippen LogP contribution in [0.1, 0.15) is 87.5 Å². The van der Waals surface area contributed by atoms with E-state index in [-0.39, 0.29) is 18.3 Å². The van der Waals surface area contributed by atoms with Gasteiger partial charge in [-0.1, -0.05) is 45.8 Å². The third-order valence-electron chi connectivity index (χ3n) is 4.82. The molecule has 1 aliphatic rings. The second-order valence-electron chi connectivity index (χ2n) is 8.64. The molecule has 1 aliphatic heterocycles. The van der Waals surface area contributed by atoms with Crippen LogP contribution in [0.4, 0.5) is 0 Å². The Balaban J connectivity index is 0.00000118. The van der Waals surface area contributed by atoms with Crippen molar-refractivity contribution in [3.05, 3.63) is 23.9 Å². The average Bonchev–Trinajstić information content (AvgIpc) is 3.03. The number of nitrogens with zero attached hydrogens (tertiary/aromatic N) is 1. The zero-order chi connectivity index (χ0) is 24.4. The summed E-state index contributed by atoms with van der Waals surface area (Å²) in [6, 6.07) is 0. The third-order valence-corrected chi connectivity index (χ3v) is 4.82. The number of methoxy groups -OCH3 is 1. The molecule has 0 aromatic rings. The number of hydrogen-bond acceptors (Lipinski definition) is 6. The minimum absolute atomic E-state index is 0.0539. The number of nitrogens with one attached hydrogen (secondary N) is 1. The van der Waals surface area contributed by atoms with E-state index in [1.165, 1.54) is 31.5 Å². The molecule has 1 saturated heterocycles. The number of hydrogen-bond donors (Lipinski definition) is 1. The van der Waals surface area contributed by atoms with Gasteiger partial charge in [0.05, 0.1) is 6.10 Å². The van der Waals surface area contributed by atoms with Crippen LogP contribution in [0.15, 0.2) is 28.9 Å². The molecule has 2 unspecified atom stereocenters. The summed E-state index contributed by atoms with van der Waals surface area (Å²) in [5.41, 5.74) is 1.24. The predicted molar refractivity (Wildman–Crippen MR) is 135 cm³/mol. The van der Waals surface area contributed by atoms with Crippen molar-refractivity contribution in [2.45, 2.75) is 112 Å². The van der Waals surface area contributed by atoms with Crippen LogP contribution in [-0.2, 0) is 18.9 Å². The van der Waals surface area contributed by atoms with Gasteiger partial charge in [0.15, 0.2) is 5.79 Å². The summed E-state index contributed by atoms with van der Waals surface area (Å²) in [4.78, 5) is 4.48. The Morgan fingerprint density at radius 1 is 1.09 bits per heavy atom. The lowest BCUT2D eigenvalue weighted by Crippen LogP contribution is -2.39. The fourth-order valence-corrected chi connectivity index (χ4v) is 3.27. The van der Waals surface area contributed by atoms with Gasteiger partial charge in [-0.3, -0.25) is 0 Å². The molecule has 0 aromatic heterocycles. The monoisotopic (exact) mass is 454 g/mol. The van der Waals surface area contributed by atoms with Crippen LogP contribution in [0.5, 0.6) is 0 Å². The Bertz CT molecular complexity index is 554. The maximum Gasteiger partial charge on any atom is 0.212 e. The largest absolute Gasteiger partial charge is 0.475 e. The van der Waals surface area contributed by atoms with Gasteiger partial charge in [-0.05, 0) is 72.5 Å². The van der Waals surface area contributed by atoms with Gasteiger partial charge in [-0.2, -0.15) is 0 Å². The fraction of sp³-hybridized carbons (Fsp3) is 0.808. The van der Waals surface area contributed by atoms with Gasteiger partial charge >= 0.3 is 0 Å². The zero-order valence-corrected chi connectivity index (χ0v) is 22.2. The summed E-state index contributed by atoms with van der Waals surface area (Å²) in [6.45, 7) is 19.2. The summed E-state index contributed by atoms with van der Waals surface area (Å²) < 4.78 is 23.3. The van der Waals surface area contributed by atoms with Crippen molar-refractivity contribution in [2.75, 3.05) is 26.8 Å². The predicted octanol–water partition coefficient (Wildman–Crippen LogP) is 6.02. The van der Waals surface area contributed by atoms with Crippen molar-refractivity contribution >= 4 is 5.90 Å². The first-order chi connectivity index (χ1) is 15.2. The summed E-state index contributed by atoms with van der Waals surface area (Å²) in [5, 5.41) is 3.28. The summed E-state index contributed by atoms with van der Waals surface area (Å²) in [7, 11) is 1.67. The lowest BCUT2D eigenvalue weighted by Gasteiger charge is -2.24. The van der Waals surface area contributed by atoms with E-state index in [1.54, 1.807) is 7.11 Å². The lowest BCUT2D eigenvalue weighted by molar-refractivity contribution is -0.159. The standard InChI is InChI=1S/C20H35NO4.C6H15N/c1-8-10-12-18(21-13-15(3)11-9-2)23-14-17(22-7)19-16(4)24-20(5,6)25-19;1-3-5-7-6-4-2/h10,12-13,16-17,19H,8-9,11,14H2,1-7H3;7H,3-6H2,1-2H3/b12-10-,15-13+,21-18-;/t16-,17?,19?;/m1./s1. The summed E-state index contributed by atoms with van der Waals surface area (Å²) >= 11 is 0. The molecule has 32 heavy (non-hydrogen) atoms. The molecular formula is C26H50N2O4. The highest BCUT2D eigenvalue weighted by Crippen LogP contribution is 2.30. The molecule has 1 N–H and O–H groups in total. The van der Waals surface area contributed by atoms with E-state index in [0.29, 0.717) is 12.5 Å². The summed E-state index contributed by atoms with van der Waals surface area (Å²) in [6.07, 6.45) is 10.9. The molecule has 0 amide bonds. The number of ether oxygens (including phenoxy) is 4. The first-order valence-electron chi connectivity index (χ1n) is 12.4. The average molecular weight is 455 g/mol. The van der Waals surface area contributed by atoms with E-state index < -0.39 is 5.79 Å². The maximum absolute atomic E-state index is 5.96. The van der Waals surface area contributed by atoms with Gasteiger partial charge in [0.2, 0.25) is 5.90 Å². The summed E-state index contributed by atoms with van der Waals surface area (Å²) in [5.74, 6) is -0.00919. The van der Waals surface area contributed by atoms with Crippen molar-refractivity contribution in [3.8, 4) is 0 Å². The van der Waals surface area contributed by atoms with E-state index >= 15 is 0 Å². The molecule has 1 fully saturated rings. The molecule has 0 spiro atoms. The van der Waals surface area contributed by atoms with Gasteiger partial charge in [0, 0.05) is 13.3 Å². The van der Waals surface area contributed by atoms with Crippen LogP contribution in [0, 0.1) is 0 Å². The van der Waals surface area contributed by atoms with Crippen molar-refractivity contribution in [2.24, 2.45) is 4.99 Å². The van der Waals surface area contributed by atoms with Gasteiger partial charge in [0.1, 0.15) is 18.8 Å². The van der Waals surface area contributed by atoms with Crippen LogP contribution < -0.4 is 5.32 Å². The van der Waals surface area contributed by atoms with Gasteiger partial charge in [-0.25, -0.2) is 4.99 Å². The molecular weight excluding hydrogens is 404 g/mol. The second-order valence-corrected chi connectivity index (χ2v) is 8.64. The molecule has 6 heteroatoms. The highest BCUT2D eigenvalue weighted by molar-refractivity contribution is 5.88. The molecule has 1 heterocycles. The Labute approximate surface area is 197 Å². The second kappa shape index (κ2) is 18.2. The highest BCUT2D eigenvalue weighted by Gasteiger charge is 2.43. The number of aliphatic imine (C=N–C) groups is 1. The van der Waals surface area contributed by atoms with E-state index in [9.17, 15) is 0 Å². The maximum atomic E-state index is 5.96. The van der Waals surface area contributed by atoms with Crippen LogP contribution >= 0.6 is 0 Å². The molecule has 0 aromatic carbocycles. The quantitative estimate of drug-likeness (QED) is 0.209. The first-order valence-corrected chi connectivity index (χ1v) is 12.4. The SMILES string of the molecule is CCCNCCC.CC\C=C/C(=N/C=C(\C)CCC)OCC(OC)C1OC(C)(C)O[C@@H]1C. The lowest BCUT2D eigenvalue weighted by atomic mass is 10.1. The fourth-order valence-electron chi connectivity index (χ4n) is 3.27. The van der Waals surface area contributed by atoms with Crippen LogP contribution in [0.25, 0.3) is 0 Å². The molecule has 0 bridgehead atoms. The topological polar surface area (TPSA) is 61.3 Å². The van der Waals surface area contributed by atoms with Crippen LogP contribution in [0.2, 0.25) is 0 Å². The minimum atomic E-state index is -0.597. The molecule has 0 saturated carbocycles. The Morgan fingerprint density at radius 3 is 2.22 bits per heavy atom. The Morgan fingerprint density at radius 2 is 1.75 bits per heavy atom. The van der Waals surface area contributed by atoms with E-state index in [4.69, 9.17) is 18.9 Å². The minimum Gasteiger partial charge on any atom is -0.475 e. The Kier molecular flexibility index (Phi) is 17.6. The molecule has 6 nitrogen and oxygen atoms in total. The first kappa shape index (κ1) is 30.8. The van der Waals surface area contributed by atoms with E-state index in [1.807, 2.05) is 39.1 Å². The van der Waals surface area contributed by atoms with Crippen molar-refractivity contribution in [3.63, 3.8) is 0 Å². The van der Waals surface area contributed by atoms with Gasteiger partial charge in [0.25, 0.3) is 0 Å². The zero-order valence-electron chi connectivity index (χ0n) is 22.2. The van der Waals surface area contributed by atoms with Crippen molar-refractivity contribution < 1.29 is 18.9 Å². The molecule has 188 valence electrons.